The van der Waals surface area contributed by atoms with Crippen molar-refractivity contribution in [3.63, 3.8) is 0 Å². The molecular formula is C14H24N4O2. The highest BCUT2D eigenvalue weighted by Gasteiger charge is 1.97. The van der Waals surface area contributed by atoms with E-state index in [-0.39, 0.29) is 5.56 Å². The summed E-state index contributed by atoms with van der Waals surface area (Å²) in [7, 11) is 3.41. The molecule has 0 unspecified atom stereocenters. The maximum Gasteiger partial charge on any atom is 0.250 e. The van der Waals surface area contributed by atoms with Crippen molar-refractivity contribution in [2.24, 2.45) is 4.99 Å². The topological polar surface area (TPSA) is 67.7 Å². The van der Waals surface area contributed by atoms with Gasteiger partial charge in [-0.2, -0.15) is 0 Å². The van der Waals surface area contributed by atoms with E-state index in [1.807, 2.05) is 12.3 Å². The van der Waals surface area contributed by atoms with Crippen molar-refractivity contribution in [2.75, 3.05) is 33.9 Å². The summed E-state index contributed by atoms with van der Waals surface area (Å²) in [5, 5.41) is 6.37. The fourth-order valence-electron chi connectivity index (χ4n) is 1.75. The van der Waals surface area contributed by atoms with E-state index in [0.29, 0.717) is 6.61 Å². The number of unbranched alkanes of at least 4 members (excludes halogenated alkanes) is 1. The van der Waals surface area contributed by atoms with Crippen LogP contribution in [-0.2, 0) is 11.3 Å². The van der Waals surface area contributed by atoms with Crippen molar-refractivity contribution in [3.05, 3.63) is 34.7 Å². The molecule has 0 atom stereocenters. The Hall–Kier alpha value is -1.82. The number of nitrogens with one attached hydrogen (secondary N) is 2. The zero-order valence-electron chi connectivity index (χ0n) is 12.3. The van der Waals surface area contributed by atoms with E-state index in [1.54, 1.807) is 30.9 Å². The first kappa shape index (κ1) is 16.2. The number of aromatic nitrogens is 1. The third-order valence-electron chi connectivity index (χ3n) is 2.84. The maximum absolute atomic E-state index is 11.5. The summed E-state index contributed by atoms with van der Waals surface area (Å²) in [6.45, 7) is 2.96. The number of guanidine groups is 1. The average molecular weight is 280 g/mol. The van der Waals surface area contributed by atoms with Crippen LogP contribution in [0.15, 0.2) is 34.2 Å². The molecule has 112 valence electrons. The SMILES string of the molecule is CN=C(NCCCCn1ccccc1=O)NCCOC. The molecule has 2 N–H and O–H groups in total. The molecule has 1 rings (SSSR count). The van der Waals surface area contributed by atoms with Gasteiger partial charge in [-0.25, -0.2) is 0 Å². The summed E-state index contributed by atoms with van der Waals surface area (Å²) in [5.41, 5.74) is 0.0532. The van der Waals surface area contributed by atoms with E-state index in [0.717, 1.165) is 38.4 Å². The number of hydrogen-bond acceptors (Lipinski definition) is 3. The number of hydrogen-bond donors (Lipinski definition) is 2. The molecule has 1 aromatic heterocycles. The van der Waals surface area contributed by atoms with Gasteiger partial charge < -0.3 is 19.9 Å². The first-order valence-corrected chi connectivity index (χ1v) is 6.87. The Kier molecular flexibility index (Phi) is 8.14. The van der Waals surface area contributed by atoms with Gasteiger partial charge in [0.2, 0.25) is 5.56 Å². The van der Waals surface area contributed by atoms with E-state index in [1.165, 1.54) is 0 Å². The van der Waals surface area contributed by atoms with Gasteiger partial charge in [0.1, 0.15) is 0 Å². The number of nitrogens with zero attached hydrogens (tertiary/aromatic N) is 2. The molecular weight excluding hydrogens is 256 g/mol. The molecule has 0 bridgehead atoms. The molecule has 0 spiro atoms. The minimum Gasteiger partial charge on any atom is -0.383 e. The highest BCUT2D eigenvalue weighted by atomic mass is 16.5. The average Bonchev–Trinajstić information content (AvgIpc) is 2.47. The first-order valence-electron chi connectivity index (χ1n) is 6.87. The van der Waals surface area contributed by atoms with Gasteiger partial charge in [0.05, 0.1) is 6.61 Å². The fourth-order valence-corrected chi connectivity index (χ4v) is 1.75. The second-order valence-corrected chi connectivity index (χ2v) is 4.36. The third-order valence-corrected chi connectivity index (χ3v) is 2.84. The Bertz CT molecular complexity index is 456. The van der Waals surface area contributed by atoms with Gasteiger partial charge >= 0.3 is 0 Å². The highest BCUT2D eigenvalue weighted by Crippen LogP contribution is 1.91. The Balaban J connectivity index is 2.15. The number of rotatable bonds is 8. The molecule has 0 saturated carbocycles. The largest absolute Gasteiger partial charge is 0.383 e. The van der Waals surface area contributed by atoms with Gasteiger partial charge in [-0.15, -0.1) is 0 Å². The van der Waals surface area contributed by atoms with Crippen molar-refractivity contribution in [2.45, 2.75) is 19.4 Å². The van der Waals surface area contributed by atoms with Crippen LogP contribution in [0.1, 0.15) is 12.8 Å². The number of methoxy groups -OCH3 is 1. The third kappa shape index (κ3) is 6.38. The normalized spacial score (nSPS) is 11.4. The molecule has 0 aliphatic rings. The Morgan fingerprint density at radius 3 is 2.80 bits per heavy atom. The van der Waals surface area contributed by atoms with Gasteiger partial charge in [-0.05, 0) is 18.9 Å². The Labute approximate surface area is 119 Å². The molecule has 0 aliphatic carbocycles. The Morgan fingerprint density at radius 1 is 1.30 bits per heavy atom. The summed E-state index contributed by atoms with van der Waals surface area (Å²) >= 11 is 0. The van der Waals surface area contributed by atoms with Gasteiger partial charge in [0.25, 0.3) is 0 Å². The molecule has 0 amide bonds. The van der Waals surface area contributed by atoms with Gasteiger partial charge in [0, 0.05) is 46.1 Å². The van der Waals surface area contributed by atoms with Crippen LogP contribution in [-0.4, -0.2) is 44.4 Å². The molecule has 0 aliphatic heterocycles. The van der Waals surface area contributed by atoms with Gasteiger partial charge in [-0.3, -0.25) is 9.79 Å². The predicted octanol–water partition coefficient (Wildman–Crippen LogP) is 0.440. The van der Waals surface area contributed by atoms with Crippen LogP contribution in [0.2, 0.25) is 0 Å². The summed E-state index contributed by atoms with van der Waals surface area (Å²) in [4.78, 5) is 15.6. The molecule has 0 fully saturated rings. The summed E-state index contributed by atoms with van der Waals surface area (Å²) in [6.07, 6.45) is 3.75. The van der Waals surface area contributed by atoms with E-state index < -0.39 is 0 Å². The van der Waals surface area contributed by atoms with Crippen LogP contribution in [0.5, 0.6) is 0 Å². The predicted molar refractivity (Wildman–Crippen MR) is 81.2 cm³/mol. The standard InChI is InChI=1S/C14H24N4O2/c1-15-14(17-9-12-20-2)16-8-4-6-11-18-10-5-3-7-13(18)19/h3,5,7,10H,4,6,8-9,11-12H2,1-2H3,(H2,15,16,17). The van der Waals surface area contributed by atoms with E-state index in [9.17, 15) is 4.79 Å². The molecule has 0 saturated heterocycles. The van der Waals surface area contributed by atoms with Gasteiger partial charge in [-0.1, -0.05) is 6.07 Å². The molecule has 0 radical (unpaired) electrons. The van der Waals surface area contributed by atoms with E-state index in [4.69, 9.17) is 4.74 Å². The lowest BCUT2D eigenvalue weighted by Gasteiger charge is -2.11. The van der Waals surface area contributed by atoms with Gasteiger partial charge in [0.15, 0.2) is 5.96 Å². The zero-order chi connectivity index (χ0) is 14.6. The first-order chi connectivity index (χ1) is 9.77. The summed E-state index contributed by atoms with van der Waals surface area (Å²) < 4.78 is 6.69. The quantitative estimate of drug-likeness (QED) is 0.412. The lowest BCUT2D eigenvalue weighted by Crippen LogP contribution is -2.39. The highest BCUT2D eigenvalue weighted by molar-refractivity contribution is 5.79. The molecule has 1 heterocycles. The van der Waals surface area contributed by atoms with Crippen LogP contribution in [0.25, 0.3) is 0 Å². The molecule has 6 heteroatoms. The monoisotopic (exact) mass is 280 g/mol. The van der Waals surface area contributed by atoms with E-state index >= 15 is 0 Å². The number of pyridine rings is 1. The van der Waals surface area contributed by atoms with Crippen LogP contribution < -0.4 is 16.2 Å². The second kappa shape index (κ2) is 10.0. The minimum atomic E-state index is 0.0532. The van der Waals surface area contributed by atoms with Crippen molar-refractivity contribution in [1.29, 1.82) is 0 Å². The van der Waals surface area contributed by atoms with Crippen molar-refractivity contribution >= 4 is 5.96 Å². The molecule has 0 aromatic carbocycles. The molecule has 1 aromatic rings. The molecule has 20 heavy (non-hydrogen) atoms. The number of aryl methyl sites for hydroxylation is 1. The number of aliphatic imine (C=N–C) groups is 1. The van der Waals surface area contributed by atoms with Crippen LogP contribution >= 0.6 is 0 Å². The lowest BCUT2D eigenvalue weighted by atomic mass is 10.3. The minimum absolute atomic E-state index is 0.0532. The van der Waals surface area contributed by atoms with Crippen molar-refractivity contribution < 1.29 is 4.74 Å². The fraction of sp³-hybridized carbons (Fsp3) is 0.571. The van der Waals surface area contributed by atoms with Crippen molar-refractivity contribution in [3.8, 4) is 0 Å². The number of ether oxygens (including phenoxy) is 1. The van der Waals surface area contributed by atoms with Crippen LogP contribution in [0.4, 0.5) is 0 Å². The smallest absolute Gasteiger partial charge is 0.250 e. The zero-order valence-corrected chi connectivity index (χ0v) is 12.3. The second-order valence-electron chi connectivity index (χ2n) is 4.36. The maximum atomic E-state index is 11.5. The lowest BCUT2D eigenvalue weighted by molar-refractivity contribution is 0.203. The Morgan fingerprint density at radius 2 is 2.10 bits per heavy atom. The van der Waals surface area contributed by atoms with E-state index in [2.05, 4.69) is 15.6 Å². The van der Waals surface area contributed by atoms with Crippen LogP contribution in [0.3, 0.4) is 0 Å². The summed E-state index contributed by atoms with van der Waals surface area (Å²) in [5.74, 6) is 0.777. The van der Waals surface area contributed by atoms with Crippen LogP contribution in [0, 0.1) is 0 Å². The summed E-state index contributed by atoms with van der Waals surface area (Å²) in [6, 6.07) is 5.22. The molecule has 6 nitrogen and oxygen atoms in total. The van der Waals surface area contributed by atoms with Crippen molar-refractivity contribution in [1.82, 2.24) is 15.2 Å².